The van der Waals surface area contributed by atoms with Gasteiger partial charge in [0.1, 0.15) is 5.82 Å². The number of rotatable bonds is 0. The number of amides is 1. The SMILES string of the molecule is CC.CC1CC1.CN1C(=O)c2ccccc2C2CC1c1nc3ccc(Cl)cc3n12. The summed E-state index contributed by atoms with van der Waals surface area (Å²) in [5.74, 6) is 2.11. The molecule has 29 heavy (non-hydrogen) atoms. The van der Waals surface area contributed by atoms with Gasteiger partial charge in [-0.2, -0.15) is 0 Å². The first-order valence-electron chi connectivity index (χ1n) is 10.6. The lowest BCUT2D eigenvalue weighted by Gasteiger charge is -2.23. The number of halogens is 1. The van der Waals surface area contributed by atoms with E-state index in [0.29, 0.717) is 5.02 Å². The monoisotopic (exact) mass is 409 g/mol. The van der Waals surface area contributed by atoms with E-state index in [1.54, 1.807) is 0 Å². The van der Waals surface area contributed by atoms with E-state index >= 15 is 0 Å². The van der Waals surface area contributed by atoms with E-state index in [9.17, 15) is 4.79 Å². The van der Waals surface area contributed by atoms with Crippen LogP contribution in [-0.2, 0) is 0 Å². The number of imidazole rings is 1. The summed E-state index contributed by atoms with van der Waals surface area (Å²) in [5.41, 5.74) is 3.83. The average molecular weight is 410 g/mol. The molecule has 2 unspecified atom stereocenters. The first-order valence-corrected chi connectivity index (χ1v) is 11.0. The molecule has 2 aliphatic heterocycles. The van der Waals surface area contributed by atoms with Gasteiger partial charge >= 0.3 is 0 Å². The summed E-state index contributed by atoms with van der Waals surface area (Å²) in [5, 5.41) is 0.706. The standard InChI is InChI=1S/C18H14ClN3O.C4H8.C2H6/c1-21-16-9-14(11-4-2-3-5-12(11)18(21)23)22-15-8-10(19)6-7-13(15)20-17(16)22;1-4-2-3-4;1-2/h2-8,14,16H,9H2,1H3;4H,2-3H2,1H3;1-2H3. The molecule has 5 heteroatoms. The molecule has 152 valence electrons. The second-order valence-electron chi connectivity index (χ2n) is 7.93. The Morgan fingerprint density at radius 1 is 1.07 bits per heavy atom. The molecule has 0 spiro atoms. The molecule has 3 aliphatic rings. The summed E-state index contributed by atoms with van der Waals surface area (Å²) >= 11 is 6.20. The van der Waals surface area contributed by atoms with E-state index in [0.717, 1.165) is 40.3 Å². The Labute approximate surface area is 177 Å². The third-order valence-electron chi connectivity index (χ3n) is 5.94. The zero-order chi connectivity index (χ0) is 20.7. The first-order chi connectivity index (χ1) is 14.0. The molecule has 4 nitrogen and oxygen atoms in total. The topological polar surface area (TPSA) is 38.1 Å². The van der Waals surface area contributed by atoms with Gasteiger partial charge in [-0.05, 0) is 35.7 Å². The summed E-state index contributed by atoms with van der Waals surface area (Å²) in [6.45, 7) is 6.28. The molecule has 0 N–H and O–H groups in total. The van der Waals surface area contributed by atoms with Crippen LogP contribution in [0.5, 0.6) is 0 Å². The maximum absolute atomic E-state index is 12.8. The van der Waals surface area contributed by atoms with Crippen LogP contribution in [0.15, 0.2) is 42.5 Å². The summed E-state index contributed by atoms with van der Waals surface area (Å²) in [4.78, 5) is 19.4. The predicted octanol–water partition coefficient (Wildman–Crippen LogP) is 6.25. The zero-order valence-corrected chi connectivity index (χ0v) is 18.3. The van der Waals surface area contributed by atoms with Crippen molar-refractivity contribution in [3.05, 3.63) is 64.4 Å². The van der Waals surface area contributed by atoms with Crippen molar-refractivity contribution in [1.82, 2.24) is 14.5 Å². The van der Waals surface area contributed by atoms with Crippen LogP contribution in [0.2, 0.25) is 5.02 Å². The number of hydrogen-bond acceptors (Lipinski definition) is 2. The number of benzene rings is 2. The highest BCUT2D eigenvalue weighted by molar-refractivity contribution is 6.31. The molecule has 6 rings (SSSR count). The molecule has 1 aliphatic carbocycles. The Hall–Kier alpha value is -2.33. The van der Waals surface area contributed by atoms with Crippen LogP contribution >= 0.6 is 11.6 Å². The molecule has 0 radical (unpaired) electrons. The molecular weight excluding hydrogens is 382 g/mol. The number of carbonyl (C=O) groups excluding carboxylic acids is 1. The Morgan fingerprint density at radius 2 is 1.76 bits per heavy atom. The van der Waals surface area contributed by atoms with Crippen LogP contribution in [0.25, 0.3) is 11.0 Å². The van der Waals surface area contributed by atoms with E-state index in [1.807, 2.05) is 62.2 Å². The van der Waals surface area contributed by atoms with Gasteiger partial charge in [-0.25, -0.2) is 4.98 Å². The fourth-order valence-electron chi connectivity index (χ4n) is 4.15. The van der Waals surface area contributed by atoms with Crippen molar-refractivity contribution in [3.63, 3.8) is 0 Å². The minimum absolute atomic E-state index is 0.00563. The summed E-state index contributed by atoms with van der Waals surface area (Å²) in [6.07, 6.45) is 3.84. The fraction of sp³-hybridized carbons (Fsp3) is 0.417. The smallest absolute Gasteiger partial charge is 0.254 e. The van der Waals surface area contributed by atoms with Crippen LogP contribution in [0, 0.1) is 5.92 Å². The number of hydrogen-bond donors (Lipinski definition) is 0. The van der Waals surface area contributed by atoms with Crippen LogP contribution in [0.4, 0.5) is 0 Å². The van der Waals surface area contributed by atoms with Gasteiger partial charge in [0, 0.05) is 24.1 Å². The largest absolute Gasteiger partial charge is 0.331 e. The van der Waals surface area contributed by atoms with Crippen molar-refractivity contribution in [2.75, 3.05) is 7.05 Å². The van der Waals surface area contributed by atoms with Crippen LogP contribution in [0.1, 0.15) is 73.9 Å². The number of aromatic nitrogens is 2. The molecule has 2 aromatic carbocycles. The highest BCUT2D eigenvalue weighted by atomic mass is 35.5. The Morgan fingerprint density at radius 3 is 2.45 bits per heavy atom. The zero-order valence-electron chi connectivity index (χ0n) is 17.5. The van der Waals surface area contributed by atoms with Gasteiger partial charge in [-0.15, -0.1) is 0 Å². The van der Waals surface area contributed by atoms with E-state index < -0.39 is 0 Å². The number of nitrogens with zero attached hydrogens (tertiary/aromatic N) is 3. The van der Waals surface area contributed by atoms with Crippen LogP contribution in [0.3, 0.4) is 0 Å². The molecule has 1 aromatic heterocycles. The van der Waals surface area contributed by atoms with Crippen molar-refractivity contribution in [3.8, 4) is 0 Å². The lowest BCUT2D eigenvalue weighted by molar-refractivity contribution is 0.0734. The summed E-state index contributed by atoms with van der Waals surface area (Å²) in [6, 6.07) is 13.8. The molecule has 1 saturated carbocycles. The van der Waals surface area contributed by atoms with Crippen molar-refractivity contribution in [2.45, 2.75) is 52.1 Å². The van der Waals surface area contributed by atoms with Crippen molar-refractivity contribution in [2.24, 2.45) is 5.92 Å². The van der Waals surface area contributed by atoms with Crippen LogP contribution in [-0.4, -0.2) is 27.4 Å². The fourth-order valence-corrected chi connectivity index (χ4v) is 4.31. The molecule has 3 heterocycles. The molecular formula is C24H28ClN3O. The second kappa shape index (κ2) is 7.83. The van der Waals surface area contributed by atoms with Gasteiger partial charge in [-0.3, -0.25) is 4.79 Å². The Kier molecular flexibility index (Phi) is 5.39. The minimum atomic E-state index is 0.00563. The third kappa shape index (κ3) is 3.44. The molecule has 1 amide bonds. The van der Waals surface area contributed by atoms with Gasteiger partial charge in [0.05, 0.1) is 23.1 Å². The van der Waals surface area contributed by atoms with Crippen molar-refractivity contribution in [1.29, 1.82) is 0 Å². The Bertz CT molecular complexity index is 1050. The minimum Gasteiger partial charge on any atom is -0.331 e. The van der Waals surface area contributed by atoms with E-state index in [2.05, 4.69) is 17.6 Å². The van der Waals surface area contributed by atoms with E-state index in [1.165, 1.54) is 12.8 Å². The molecule has 2 bridgehead atoms. The van der Waals surface area contributed by atoms with Gasteiger partial charge in [0.2, 0.25) is 0 Å². The second-order valence-corrected chi connectivity index (χ2v) is 8.36. The third-order valence-corrected chi connectivity index (χ3v) is 6.17. The maximum atomic E-state index is 12.8. The normalized spacial score (nSPS) is 21.4. The van der Waals surface area contributed by atoms with Gasteiger partial charge in [-0.1, -0.05) is 63.4 Å². The number of fused-ring (bicyclic) bond motifs is 9. The highest BCUT2D eigenvalue weighted by Gasteiger charge is 2.43. The summed E-state index contributed by atoms with van der Waals surface area (Å²) in [7, 11) is 1.87. The first kappa shape index (κ1) is 20.0. The van der Waals surface area contributed by atoms with Gasteiger partial charge in [0.15, 0.2) is 0 Å². The summed E-state index contributed by atoms with van der Waals surface area (Å²) < 4.78 is 2.26. The predicted molar refractivity (Wildman–Crippen MR) is 119 cm³/mol. The van der Waals surface area contributed by atoms with Gasteiger partial charge in [0.25, 0.3) is 5.91 Å². The van der Waals surface area contributed by atoms with Crippen LogP contribution < -0.4 is 0 Å². The Balaban J connectivity index is 0.000000301. The van der Waals surface area contributed by atoms with E-state index in [-0.39, 0.29) is 18.0 Å². The molecule has 2 atom stereocenters. The quantitative estimate of drug-likeness (QED) is 0.440. The maximum Gasteiger partial charge on any atom is 0.254 e. The molecule has 1 fully saturated rings. The highest BCUT2D eigenvalue weighted by Crippen LogP contribution is 2.47. The van der Waals surface area contributed by atoms with Crippen molar-refractivity contribution >= 4 is 28.5 Å². The van der Waals surface area contributed by atoms with E-state index in [4.69, 9.17) is 16.6 Å². The average Bonchev–Trinajstić information content (AvgIpc) is 3.34. The van der Waals surface area contributed by atoms with Crippen molar-refractivity contribution < 1.29 is 4.79 Å². The lowest BCUT2D eigenvalue weighted by atomic mass is 9.99. The van der Waals surface area contributed by atoms with Gasteiger partial charge < -0.3 is 9.47 Å². The molecule has 3 aromatic rings. The molecule has 0 saturated heterocycles. The lowest BCUT2D eigenvalue weighted by Crippen LogP contribution is -2.30. The number of carbonyl (C=O) groups is 1.